The third-order valence-corrected chi connectivity index (χ3v) is 4.56. The zero-order valence-electron chi connectivity index (χ0n) is 14.1. The Bertz CT molecular complexity index is 755. The zero-order valence-corrected chi connectivity index (χ0v) is 15.0. The van der Waals surface area contributed by atoms with Crippen LogP contribution in [0.25, 0.3) is 11.0 Å². The topological polar surface area (TPSA) is 73.7 Å². The molecule has 1 amide bonds. The van der Waals surface area contributed by atoms with E-state index in [2.05, 4.69) is 4.98 Å². The molecule has 8 heteroatoms. The first kappa shape index (κ1) is 17.8. The Morgan fingerprint density at radius 2 is 2.04 bits per heavy atom. The monoisotopic (exact) mass is 363 g/mol. The molecule has 0 radical (unpaired) electrons. The molecule has 0 atom stereocenters. The fourth-order valence-corrected chi connectivity index (χ4v) is 3.24. The van der Waals surface area contributed by atoms with E-state index in [1.165, 1.54) is 0 Å². The highest BCUT2D eigenvalue weighted by Gasteiger charge is 2.19. The van der Waals surface area contributed by atoms with Crippen LogP contribution < -0.4 is 0 Å². The number of fused-ring (bicyclic) bond motifs is 1. The van der Waals surface area contributed by atoms with Crippen molar-refractivity contribution in [3.05, 3.63) is 30.1 Å². The van der Waals surface area contributed by atoms with Gasteiger partial charge in [0.25, 0.3) is 5.91 Å². The highest BCUT2D eigenvalue weighted by atomic mass is 32.2. The van der Waals surface area contributed by atoms with Crippen LogP contribution in [0.4, 0.5) is 0 Å². The molecule has 0 unspecified atom stereocenters. The van der Waals surface area contributed by atoms with Crippen molar-refractivity contribution in [3.63, 3.8) is 0 Å². The molecule has 1 aromatic carbocycles. The lowest BCUT2D eigenvalue weighted by Crippen LogP contribution is -2.42. The van der Waals surface area contributed by atoms with Crippen molar-refractivity contribution in [3.8, 4) is 0 Å². The summed E-state index contributed by atoms with van der Waals surface area (Å²) in [5, 5.41) is 0. The molecule has 7 nitrogen and oxygen atoms in total. The fourth-order valence-electron chi connectivity index (χ4n) is 2.76. The lowest BCUT2D eigenvalue weighted by Gasteiger charge is -2.26. The van der Waals surface area contributed by atoms with Gasteiger partial charge in [0.05, 0.1) is 30.0 Å². The van der Waals surface area contributed by atoms with Gasteiger partial charge in [-0.1, -0.05) is 12.1 Å². The van der Waals surface area contributed by atoms with Crippen molar-refractivity contribution >= 4 is 34.7 Å². The minimum atomic E-state index is -0.438. The largest absolute Gasteiger partial charge is 0.454 e. The van der Waals surface area contributed by atoms with Gasteiger partial charge >= 0.3 is 5.97 Å². The molecule has 134 valence electrons. The number of carbonyl (C=O) groups is 2. The van der Waals surface area contributed by atoms with Crippen molar-refractivity contribution in [2.75, 3.05) is 39.2 Å². The van der Waals surface area contributed by atoms with Crippen molar-refractivity contribution in [1.82, 2.24) is 14.5 Å². The lowest BCUT2D eigenvalue weighted by atomic mass is 10.3. The van der Waals surface area contributed by atoms with Crippen LogP contribution in [0.1, 0.15) is 5.82 Å². The second kappa shape index (κ2) is 8.35. The van der Waals surface area contributed by atoms with E-state index in [1.807, 2.05) is 35.1 Å². The zero-order chi connectivity index (χ0) is 17.6. The Morgan fingerprint density at radius 1 is 1.28 bits per heavy atom. The molecule has 2 heterocycles. The Balaban J connectivity index is 1.63. The molecule has 0 bridgehead atoms. The third-order valence-electron chi connectivity index (χ3n) is 4.01. The second-order valence-corrected chi connectivity index (χ2v) is 6.56. The Morgan fingerprint density at radius 3 is 2.80 bits per heavy atom. The molecule has 1 saturated heterocycles. The van der Waals surface area contributed by atoms with E-state index < -0.39 is 5.97 Å². The summed E-state index contributed by atoms with van der Waals surface area (Å²) >= 11 is 1.64. The summed E-state index contributed by atoms with van der Waals surface area (Å²) in [6, 6.07) is 7.68. The number of hydrogen-bond acceptors (Lipinski definition) is 6. The van der Waals surface area contributed by atoms with Gasteiger partial charge in [-0.2, -0.15) is 11.8 Å². The van der Waals surface area contributed by atoms with E-state index in [9.17, 15) is 9.59 Å². The van der Waals surface area contributed by atoms with Crippen LogP contribution in [0.2, 0.25) is 0 Å². The number of thioether (sulfide) groups is 1. The first-order valence-electron chi connectivity index (χ1n) is 8.13. The van der Waals surface area contributed by atoms with E-state index in [0.717, 1.165) is 16.9 Å². The van der Waals surface area contributed by atoms with Gasteiger partial charge < -0.3 is 18.9 Å². The van der Waals surface area contributed by atoms with Gasteiger partial charge in [0.15, 0.2) is 6.61 Å². The number of esters is 1. The predicted octanol–water partition coefficient (Wildman–Crippen LogP) is 1.30. The maximum absolute atomic E-state index is 12.2. The standard InChI is InChI=1S/C17H21N3O4S/c1-25-12-15-18-13-4-2-3-5-14(13)20(15)10-17(22)24-11-16(21)19-6-8-23-9-7-19/h2-5H,6-12H2,1H3. The lowest BCUT2D eigenvalue weighted by molar-refractivity contribution is -0.154. The molecule has 0 spiro atoms. The predicted molar refractivity (Wildman–Crippen MR) is 95.3 cm³/mol. The second-order valence-electron chi connectivity index (χ2n) is 5.69. The van der Waals surface area contributed by atoms with Gasteiger partial charge in [-0.15, -0.1) is 0 Å². The first-order chi connectivity index (χ1) is 12.2. The number of morpholine rings is 1. The Labute approximate surface area is 150 Å². The minimum Gasteiger partial charge on any atom is -0.454 e. The number of para-hydroxylation sites is 2. The molecule has 0 aliphatic carbocycles. The van der Waals surface area contributed by atoms with Crippen LogP contribution in [-0.4, -0.2) is 65.5 Å². The maximum atomic E-state index is 12.2. The quantitative estimate of drug-likeness (QED) is 0.721. The molecule has 1 aliphatic rings. The average Bonchev–Trinajstić information content (AvgIpc) is 2.98. The van der Waals surface area contributed by atoms with E-state index >= 15 is 0 Å². The van der Waals surface area contributed by atoms with Gasteiger partial charge in [-0.25, -0.2) is 4.98 Å². The average molecular weight is 363 g/mol. The summed E-state index contributed by atoms with van der Waals surface area (Å²) in [7, 11) is 0. The Kier molecular flexibility index (Phi) is 5.93. The summed E-state index contributed by atoms with van der Waals surface area (Å²) < 4.78 is 12.2. The number of nitrogens with zero attached hydrogens (tertiary/aromatic N) is 3. The van der Waals surface area contributed by atoms with Crippen LogP contribution >= 0.6 is 11.8 Å². The molecule has 1 aliphatic heterocycles. The highest BCUT2D eigenvalue weighted by Crippen LogP contribution is 2.19. The third kappa shape index (κ3) is 4.32. The molecular weight excluding hydrogens is 342 g/mol. The van der Waals surface area contributed by atoms with Gasteiger partial charge in [-0.3, -0.25) is 9.59 Å². The number of amides is 1. The molecule has 0 N–H and O–H groups in total. The summed E-state index contributed by atoms with van der Waals surface area (Å²) in [5.41, 5.74) is 1.74. The number of hydrogen-bond donors (Lipinski definition) is 0. The van der Waals surface area contributed by atoms with E-state index in [1.54, 1.807) is 16.7 Å². The summed E-state index contributed by atoms with van der Waals surface area (Å²) in [6.07, 6.45) is 1.99. The molecular formula is C17H21N3O4S. The summed E-state index contributed by atoms with van der Waals surface area (Å²) in [6.45, 7) is 1.95. The normalized spacial score (nSPS) is 14.7. The Hall–Kier alpha value is -2.06. The molecule has 25 heavy (non-hydrogen) atoms. The highest BCUT2D eigenvalue weighted by molar-refractivity contribution is 7.97. The number of carbonyl (C=O) groups excluding carboxylic acids is 2. The molecule has 1 fully saturated rings. The van der Waals surface area contributed by atoms with Crippen molar-refractivity contribution in [1.29, 1.82) is 0 Å². The molecule has 1 aromatic heterocycles. The van der Waals surface area contributed by atoms with Crippen LogP contribution in [0.3, 0.4) is 0 Å². The molecule has 2 aromatic rings. The van der Waals surface area contributed by atoms with Crippen molar-refractivity contribution in [2.24, 2.45) is 0 Å². The number of aromatic nitrogens is 2. The van der Waals surface area contributed by atoms with Crippen LogP contribution in [0.15, 0.2) is 24.3 Å². The van der Waals surface area contributed by atoms with Crippen molar-refractivity contribution in [2.45, 2.75) is 12.3 Å². The van der Waals surface area contributed by atoms with E-state index in [4.69, 9.17) is 9.47 Å². The molecule has 3 rings (SSSR count). The smallest absolute Gasteiger partial charge is 0.326 e. The first-order valence-corrected chi connectivity index (χ1v) is 9.52. The minimum absolute atomic E-state index is 0.0484. The van der Waals surface area contributed by atoms with Gasteiger partial charge in [-0.05, 0) is 18.4 Å². The number of rotatable bonds is 6. The van der Waals surface area contributed by atoms with Crippen LogP contribution in [0, 0.1) is 0 Å². The summed E-state index contributed by atoms with van der Waals surface area (Å²) in [4.78, 5) is 30.5. The molecule has 0 saturated carbocycles. The SMILES string of the molecule is CSCc1nc2ccccc2n1CC(=O)OCC(=O)N1CCOCC1. The van der Waals surface area contributed by atoms with E-state index in [0.29, 0.717) is 32.1 Å². The number of imidazole rings is 1. The fraction of sp³-hybridized carbons (Fsp3) is 0.471. The van der Waals surface area contributed by atoms with Crippen LogP contribution in [0.5, 0.6) is 0 Å². The van der Waals surface area contributed by atoms with Crippen LogP contribution in [-0.2, 0) is 31.4 Å². The number of benzene rings is 1. The van der Waals surface area contributed by atoms with Gasteiger partial charge in [0.2, 0.25) is 0 Å². The van der Waals surface area contributed by atoms with Gasteiger partial charge in [0.1, 0.15) is 12.4 Å². The van der Waals surface area contributed by atoms with Crippen molar-refractivity contribution < 1.29 is 19.1 Å². The maximum Gasteiger partial charge on any atom is 0.326 e. The van der Waals surface area contributed by atoms with Gasteiger partial charge in [0, 0.05) is 13.1 Å². The summed E-state index contributed by atoms with van der Waals surface area (Å²) in [5.74, 6) is 0.906. The number of ether oxygens (including phenoxy) is 2. The van der Waals surface area contributed by atoms with E-state index in [-0.39, 0.29) is 19.1 Å².